The predicted octanol–water partition coefficient (Wildman–Crippen LogP) is 2.28. The Morgan fingerprint density at radius 2 is 1.92 bits per heavy atom. The molecule has 0 fully saturated rings. The zero-order chi connectivity index (χ0) is 18.4. The van der Waals surface area contributed by atoms with Crippen molar-refractivity contribution >= 4 is 33.6 Å². The number of benzene rings is 1. The summed E-state index contributed by atoms with van der Waals surface area (Å²) < 4.78 is 31.1. The molecule has 0 atom stereocenters. The minimum absolute atomic E-state index is 0.0312. The molecule has 0 aliphatic heterocycles. The Balaban J connectivity index is 2.25. The summed E-state index contributed by atoms with van der Waals surface area (Å²) in [6, 6.07) is 7.39. The van der Waals surface area contributed by atoms with Gasteiger partial charge in [0.15, 0.2) is 6.29 Å². The second-order valence-electron chi connectivity index (χ2n) is 4.96. The van der Waals surface area contributed by atoms with E-state index in [1.807, 2.05) is 0 Å². The number of rotatable bonds is 8. The molecule has 2 rings (SSSR count). The highest BCUT2D eigenvalue weighted by atomic mass is 32.2. The molecule has 0 N–H and O–H groups in total. The molecule has 1 heterocycles. The van der Waals surface area contributed by atoms with Crippen LogP contribution in [0.4, 0.5) is 0 Å². The van der Waals surface area contributed by atoms with Crippen molar-refractivity contribution in [2.45, 2.75) is 18.2 Å². The number of carbonyl (C=O) groups is 2. The summed E-state index contributed by atoms with van der Waals surface area (Å²) in [6.45, 7) is 1.02. The summed E-state index contributed by atoms with van der Waals surface area (Å²) in [5.41, 5.74) is 0.495. The van der Waals surface area contributed by atoms with Gasteiger partial charge in [0, 0.05) is 17.4 Å². The molecule has 0 saturated carbocycles. The summed E-state index contributed by atoms with van der Waals surface area (Å²) in [6.07, 6.45) is 0.953. The fourth-order valence-corrected chi connectivity index (χ4v) is 4.17. The van der Waals surface area contributed by atoms with E-state index in [1.54, 1.807) is 11.4 Å². The van der Waals surface area contributed by atoms with Gasteiger partial charge in [-0.25, -0.2) is 8.42 Å². The van der Waals surface area contributed by atoms with E-state index < -0.39 is 16.0 Å². The Bertz CT molecular complexity index is 842. The maximum Gasteiger partial charge on any atom is 0.323 e. The quantitative estimate of drug-likeness (QED) is 0.513. The number of aldehydes is 1. The molecule has 0 spiro atoms. The largest absolute Gasteiger partial charge is 0.497 e. The number of nitrogens with zero attached hydrogens (tertiary/aromatic N) is 1. The second kappa shape index (κ2) is 8.24. The first-order chi connectivity index (χ1) is 11.9. The van der Waals surface area contributed by atoms with E-state index in [9.17, 15) is 18.0 Å². The highest BCUT2D eigenvalue weighted by Gasteiger charge is 2.28. The fourth-order valence-electron chi connectivity index (χ4n) is 2.08. The number of ether oxygens (including phenoxy) is 1. The van der Waals surface area contributed by atoms with Gasteiger partial charge in [0.2, 0.25) is 0 Å². The number of sulfonamides is 1. The smallest absolute Gasteiger partial charge is 0.323 e. The van der Waals surface area contributed by atoms with Crippen LogP contribution in [0.5, 0.6) is 5.75 Å². The van der Waals surface area contributed by atoms with E-state index >= 15 is 0 Å². The van der Waals surface area contributed by atoms with Crippen molar-refractivity contribution < 1.29 is 27.6 Å². The molecule has 1 aromatic carbocycles. The van der Waals surface area contributed by atoms with Crippen molar-refractivity contribution in [3.05, 3.63) is 46.2 Å². The van der Waals surface area contributed by atoms with Gasteiger partial charge in [-0.3, -0.25) is 9.59 Å². The molecule has 7 nitrogen and oxygen atoms in total. The van der Waals surface area contributed by atoms with E-state index in [0.29, 0.717) is 22.1 Å². The molecule has 0 radical (unpaired) electrons. The summed E-state index contributed by atoms with van der Waals surface area (Å²) >= 11 is 1.34. The number of hydrogen-bond donors (Lipinski definition) is 0. The Morgan fingerprint density at radius 1 is 1.24 bits per heavy atom. The van der Waals surface area contributed by atoms with Gasteiger partial charge in [-0.2, -0.15) is 0 Å². The van der Waals surface area contributed by atoms with Crippen molar-refractivity contribution in [3.8, 4) is 5.75 Å². The molecule has 0 aliphatic carbocycles. The van der Waals surface area contributed by atoms with Crippen LogP contribution in [-0.2, 0) is 26.1 Å². The highest BCUT2D eigenvalue weighted by Crippen LogP contribution is 2.22. The topological polar surface area (TPSA) is 90.0 Å². The van der Waals surface area contributed by atoms with Gasteiger partial charge in [0.25, 0.3) is 10.0 Å². The van der Waals surface area contributed by atoms with Crippen LogP contribution >= 0.6 is 11.3 Å². The lowest BCUT2D eigenvalue weighted by molar-refractivity contribution is -0.166. The molecule has 2 aromatic rings. The van der Waals surface area contributed by atoms with Crippen LogP contribution in [0.15, 0.2) is 40.6 Å². The van der Waals surface area contributed by atoms with Crippen LogP contribution in [0.2, 0.25) is 0 Å². The number of methoxy groups -OCH3 is 1. The summed E-state index contributed by atoms with van der Waals surface area (Å²) in [4.78, 5) is 27.9. The lowest BCUT2D eigenvalue weighted by Crippen LogP contribution is -2.34. The Labute approximate surface area is 149 Å². The summed E-state index contributed by atoms with van der Waals surface area (Å²) in [5.74, 6) is -0.244. The van der Waals surface area contributed by atoms with Crippen LogP contribution in [-0.4, -0.2) is 38.8 Å². The highest BCUT2D eigenvalue weighted by molar-refractivity contribution is 7.89. The standard InChI is InChI=1S/C16H17NO6S2/c1-12(19)23-17(9-7-16-13(11-18)8-10-24-16)25(20,21)15-5-3-14(22-2)4-6-15/h3-6,8,10-11H,7,9H2,1-2H3. The lowest BCUT2D eigenvalue weighted by Gasteiger charge is -2.20. The van der Waals surface area contributed by atoms with Crippen LogP contribution in [0.25, 0.3) is 0 Å². The maximum atomic E-state index is 12.7. The normalized spacial score (nSPS) is 11.3. The molecular weight excluding hydrogens is 366 g/mol. The molecule has 0 amide bonds. The number of hydrogen-bond acceptors (Lipinski definition) is 7. The van der Waals surface area contributed by atoms with E-state index in [0.717, 1.165) is 11.8 Å². The molecule has 25 heavy (non-hydrogen) atoms. The Kier molecular flexibility index (Phi) is 6.29. The van der Waals surface area contributed by atoms with E-state index in [2.05, 4.69) is 0 Å². The van der Waals surface area contributed by atoms with Gasteiger partial charge in [-0.1, -0.05) is 0 Å². The van der Waals surface area contributed by atoms with Crippen molar-refractivity contribution in [3.63, 3.8) is 0 Å². The van der Waals surface area contributed by atoms with Crippen molar-refractivity contribution in [2.24, 2.45) is 0 Å². The average molecular weight is 383 g/mol. The second-order valence-corrected chi connectivity index (χ2v) is 7.79. The molecular formula is C16H17NO6S2. The zero-order valence-electron chi connectivity index (χ0n) is 13.7. The van der Waals surface area contributed by atoms with Gasteiger partial charge < -0.3 is 9.57 Å². The van der Waals surface area contributed by atoms with Crippen LogP contribution in [0.3, 0.4) is 0 Å². The third kappa shape index (κ3) is 4.65. The minimum atomic E-state index is -4.04. The van der Waals surface area contributed by atoms with Gasteiger partial charge in [0.1, 0.15) is 5.75 Å². The molecule has 0 saturated heterocycles. The van der Waals surface area contributed by atoms with Crippen molar-refractivity contribution in [1.29, 1.82) is 0 Å². The van der Waals surface area contributed by atoms with Gasteiger partial charge in [-0.05, 0) is 46.6 Å². The van der Waals surface area contributed by atoms with E-state index in [4.69, 9.17) is 9.57 Å². The fraction of sp³-hybridized carbons (Fsp3) is 0.250. The summed E-state index contributed by atoms with van der Waals surface area (Å²) in [5, 5.41) is 1.74. The molecule has 0 unspecified atom stereocenters. The van der Waals surface area contributed by atoms with Crippen molar-refractivity contribution in [1.82, 2.24) is 4.47 Å². The first kappa shape index (κ1) is 19.1. The number of thiophene rings is 1. The van der Waals surface area contributed by atoms with Crippen LogP contribution in [0.1, 0.15) is 22.2 Å². The number of hydroxylamine groups is 1. The van der Waals surface area contributed by atoms with E-state index in [1.165, 1.54) is 42.7 Å². The average Bonchev–Trinajstić information content (AvgIpc) is 3.05. The molecule has 0 bridgehead atoms. The minimum Gasteiger partial charge on any atom is -0.497 e. The first-order valence-corrected chi connectivity index (χ1v) is 9.57. The summed E-state index contributed by atoms with van der Waals surface area (Å²) in [7, 11) is -2.57. The predicted molar refractivity (Wildman–Crippen MR) is 92.1 cm³/mol. The maximum absolute atomic E-state index is 12.7. The lowest BCUT2D eigenvalue weighted by atomic mass is 10.2. The van der Waals surface area contributed by atoms with E-state index in [-0.39, 0.29) is 17.9 Å². The van der Waals surface area contributed by atoms with Crippen LogP contribution < -0.4 is 4.74 Å². The van der Waals surface area contributed by atoms with Crippen LogP contribution in [0, 0.1) is 0 Å². The zero-order valence-corrected chi connectivity index (χ0v) is 15.3. The molecule has 134 valence electrons. The first-order valence-electron chi connectivity index (χ1n) is 7.25. The van der Waals surface area contributed by atoms with Gasteiger partial charge in [0.05, 0.1) is 18.6 Å². The van der Waals surface area contributed by atoms with Gasteiger partial charge in [-0.15, -0.1) is 11.3 Å². The Hall–Kier alpha value is -2.23. The Morgan fingerprint density at radius 3 is 2.48 bits per heavy atom. The molecule has 0 aliphatic rings. The van der Waals surface area contributed by atoms with Crippen molar-refractivity contribution in [2.75, 3.05) is 13.7 Å². The van der Waals surface area contributed by atoms with Gasteiger partial charge >= 0.3 is 5.97 Å². The monoisotopic (exact) mass is 383 g/mol. The molecule has 9 heteroatoms. The SMILES string of the molecule is COc1ccc(S(=O)(=O)N(CCc2sccc2C=O)OC(C)=O)cc1. The number of carbonyl (C=O) groups excluding carboxylic acids is 2. The third-order valence-corrected chi connectivity index (χ3v) is 5.94. The molecule has 1 aromatic heterocycles. The third-order valence-electron chi connectivity index (χ3n) is 3.28.